The highest BCUT2D eigenvalue weighted by Gasteiger charge is 2.30. The Balaban J connectivity index is 3.25. The Morgan fingerprint density at radius 1 is 1.39 bits per heavy atom. The molecule has 0 heterocycles. The van der Waals surface area contributed by atoms with E-state index >= 15 is 0 Å². The Kier molecular flexibility index (Phi) is 6.11. The summed E-state index contributed by atoms with van der Waals surface area (Å²) in [5.41, 5.74) is 5.09. The first kappa shape index (κ1) is 18.9. The molecule has 1 rings (SSSR count). The van der Waals surface area contributed by atoms with Crippen molar-refractivity contribution < 1.29 is 27.9 Å². The molecule has 0 radical (unpaired) electrons. The number of sulfonamides is 1. The molecule has 9 heteroatoms. The fraction of sp³-hybridized carbons (Fsp3) is 0.429. The zero-order valence-electron chi connectivity index (χ0n) is 13.1. The summed E-state index contributed by atoms with van der Waals surface area (Å²) in [4.78, 5) is 22.4. The van der Waals surface area contributed by atoms with Crippen LogP contribution in [0.3, 0.4) is 0 Å². The van der Waals surface area contributed by atoms with Crippen molar-refractivity contribution in [3.8, 4) is 5.75 Å². The molecule has 0 aliphatic carbocycles. The second kappa shape index (κ2) is 7.42. The van der Waals surface area contributed by atoms with Gasteiger partial charge in [-0.15, -0.1) is 0 Å². The predicted molar refractivity (Wildman–Crippen MR) is 82.7 cm³/mol. The summed E-state index contributed by atoms with van der Waals surface area (Å²) in [5, 5.41) is 9.19. The van der Waals surface area contributed by atoms with Crippen molar-refractivity contribution in [2.75, 3.05) is 7.11 Å². The smallest absolute Gasteiger partial charge is 0.322 e. The summed E-state index contributed by atoms with van der Waals surface area (Å²) < 4.78 is 31.8. The second-order valence-electron chi connectivity index (χ2n) is 5.05. The second-order valence-corrected chi connectivity index (χ2v) is 6.76. The molecule has 128 valence electrons. The molecule has 0 saturated carbocycles. The first-order valence-corrected chi connectivity index (χ1v) is 8.35. The molecule has 0 saturated heterocycles. The number of ether oxygens (including phenoxy) is 1. The summed E-state index contributed by atoms with van der Waals surface area (Å²) in [6.07, 6.45) is 0.481. The minimum atomic E-state index is -4.13. The van der Waals surface area contributed by atoms with Gasteiger partial charge in [-0.3, -0.25) is 9.59 Å². The average Bonchev–Trinajstić information content (AvgIpc) is 2.50. The van der Waals surface area contributed by atoms with Crippen molar-refractivity contribution >= 4 is 21.9 Å². The first-order valence-electron chi connectivity index (χ1n) is 6.87. The summed E-state index contributed by atoms with van der Waals surface area (Å²) in [5.74, 6) is -2.40. The van der Waals surface area contributed by atoms with E-state index in [0.717, 1.165) is 6.07 Å². The fourth-order valence-electron chi connectivity index (χ4n) is 1.93. The van der Waals surface area contributed by atoms with Crippen LogP contribution in [0.1, 0.15) is 30.6 Å². The van der Waals surface area contributed by atoms with Crippen LogP contribution < -0.4 is 15.2 Å². The molecule has 0 unspecified atom stereocenters. The van der Waals surface area contributed by atoms with E-state index in [9.17, 15) is 23.1 Å². The molecule has 8 nitrogen and oxygen atoms in total. The van der Waals surface area contributed by atoms with E-state index in [4.69, 9.17) is 10.5 Å². The number of carbonyl (C=O) groups excluding carboxylic acids is 1. The lowest BCUT2D eigenvalue weighted by atomic mass is 10.0. The van der Waals surface area contributed by atoms with Gasteiger partial charge in [-0.2, -0.15) is 4.72 Å². The van der Waals surface area contributed by atoms with Crippen LogP contribution >= 0.6 is 0 Å². The summed E-state index contributed by atoms with van der Waals surface area (Å²) >= 11 is 0. The lowest BCUT2D eigenvalue weighted by molar-refractivity contribution is -0.140. The van der Waals surface area contributed by atoms with Crippen LogP contribution in [0, 0.1) is 5.92 Å². The molecule has 23 heavy (non-hydrogen) atoms. The van der Waals surface area contributed by atoms with Gasteiger partial charge in [-0.05, 0) is 24.1 Å². The summed E-state index contributed by atoms with van der Waals surface area (Å²) in [6.45, 7) is 3.39. The van der Waals surface area contributed by atoms with Gasteiger partial charge in [-0.1, -0.05) is 20.3 Å². The molecule has 0 aliphatic heterocycles. The molecule has 1 amide bonds. The maximum absolute atomic E-state index is 12.4. The van der Waals surface area contributed by atoms with Crippen LogP contribution in [0.4, 0.5) is 0 Å². The lowest BCUT2D eigenvalue weighted by Crippen LogP contribution is -2.44. The van der Waals surface area contributed by atoms with Gasteiger partial charge in [0.15, 0.2) is 0 Å². The monoisotopic (exact) mass is 344 g/mol. The van der Waals surface area contributed by atoms with Crippen LogP contribution in [0.5, 0.6) is 5.75 Å². The van der Waals surface area contributed by atoms with Crippen molar-refractivity contribution in [2.45, 2.75) is 31.2 Å². The molecule has 1 aromatic rings. The van der Waals surface area contributed by atoms with Crippen molar-refractivity contribution in [1.82, 2.24) is 4.72 Å². The minimum Gasteiger partial charge on any atom is -0.496 e. The molecule has 0 fully saturated rings. The van der Waals surface area contributed by atoms with E-state index in [1.54, 1.807) is 13.8 Å². The van der Waals surface area contributed by atoms with Crippen LogP contribution in [-0.2, 0) is 14.8 Å². The van der Waals surface area contributed by atoms with Crippen molar-refractivity contribution in [3.05, 3.63) is 23.8 Å². The fourth-order valence-corrected chi connectivity index (χ4v) is 3.25. The number of rotatable bonds is 8. The number of carboxylic acid groups (broad SMARTS) is 1. The van der Waals surface area contributed by atoms with E-state index in [0.29, 0.717) is 6.42 Å². The SMILES string of the molecule is CC[C@H](C)[C@H](NS(=O)(=O)c1ccc(OC)c(C(N)=O)c1)C(=O)O. The lowest BCUT2D eigenvalue weighted by Gasteiger charge is -2.20. The van der Waals surface area contributed by atoms with Crippen molar-refractivity contribution in [2.24, 2.45) is 11.7 Å². The standard InChI is InChI=1S/C14H20N2O6S/c1-4-8(2)12(14(18)19)16-23(20,21)9-5-6-11(22-3)10(7-9)13(15)17/h5-8,12,16H,4H2,1-3H3,(H2,15,17)(H,18,19)/t8-,12-/m0/s1. The third-order valence-corrected chi connectivity index (χ3v) is 4.95. The van der Waals surface area contributed by atoms with E-state index in [1.165, 1.54) is 19.2 Å². The molecule has 0 spiro atoms. The number of hydrogen-bond acceptors (Lipinski definition) is 5. The maximum Gasteiger partial charge on any atom is 0.322 e. The molecule has 4 N–H and O–H groups in total. The highest BCUT2D eigenvalue weighted by atomic mass is 32.2. The maximum atomic E-state index is 12.4. The first-order chi connectivity index (χ1) is 10.6. The topological polar surface area (TPSA) is 136 Å². The van der Waals surface area contributed by atoms with Gasteiger partial charge in [0.1, 0.15) is 11.8 Å². The Morgan fingerprint density at radius 2 is 2.00 bits per heavy atom. The minimum absolute atomic E-state index is 0.106. The molecular formula is C14H20N2O6S. The number of hydrogen-bond donors (Lipinski definition) is 3. The normalized spacial score (nSPS) is 14.0. The van der Waals surface area contributed by atoms with Gasteiger partial charge >= 0.3 is 5.97 Å². The van der Waals surface area contributed by atoms with Gasteiger partial charge < -0.3 is 15.6 Å². The van der Waals surface area contributed by atoms with Gasteiger partial charge in [0.25, 0.3) is 5.91 Å². The summed E-state index contributed by atoms with van der Waals surface area (Å²) in [6, 6.07) is 2.28. The molecule has 0 aromatic heterocycles. The Morgan fingerprint density at radius 3 is 2.43 bits per heavy atom. The van der Waals surface area contributed by atoms with Crippen molar-refractivity contribution in [1.29, 1.82) is 0 Å². The van der Waals surface area contributed by atoms with Crippen LogP contribution in [0.25, 0.3) is 0 Å². The van der Waals surface area contributed by atoms with Crippen LogP contribution in [0.15, 0.2) is 23.1 Å². The van der Waals surface area contributed by atoms with Gasteiger partial charge in [-0.25, -0.2) is 8.42 Å². The number of carbonyl (C=O) groups is 2. The molecule has 2 atom stereocenters. The number of amides is 1. The van der Waals surface area contributed by atoms with Crippen LogP contribution in [0.2, 0.25) is 0 Å². The molecule has 0 bridgehead atoms. The van der Waals surface area contributed by atoms with E-state index < -0.39 is 33.9 Å². The Hall–Kier alpha value is -2.13. The zero-order chi connectivity index (χ0) is 17.8. The van der Waals surface area contributed by atoms with Crippen LogP contribution in [-0.4, -0.2) is 38.6 Å². The largest absolute Gasteiger partial charge is 0.496 e. The third kappa shape index (κ3) is 4.42. The van der Waals surface area contributed by atoms with E-state index in [1.807, 2.05) is 0 Å². The number of nitrogens with two attached hydrogens (primary N) is 1. The molecule has 0 aliphatic rings. The van der Waals surface area contributed by atoms with Gasteiger partial charge in [0, 0.05) is 0 Å². The van der Waals surface area contributed by atoms with Gasteiger partial charge in [0.05, 0.1) is 17.6 Å². The highest BCUT2D eigenvalue weighted by Crippen LogP contribution is 2.22. The van der Waals surface area contributed by atoms with E-state index in [-0.39, 0.29) is 16.2 Å². The quantitative estimate of drug-likeness (QED) is 0.631. The van der Waals surface area contributed by atoms with Gasteiger partial charge in [0.2, 0.25) is 10.0 Å². The summed E-state index contributed by atoms with van der Waals surface area (Å²) in [7, 11) is -2.82. The predicted octanol–water partition coefficient (Wildman–Crippen LogP) is 0.572. The van der Waals surface area contributed by atoms with E-state index in [2.05, 4.69) is 4.72 Å². The number of nitrogens with one attached hydrogen (secondary N) is 1. The number of methoxy groups -OCH3 is 1. The molecule has 1 aromatic carbocycles. The third-order valence-electron chi connectivity index (χ3n) is 3.51. The Labute approximate surface area is 134 Å². The average molecular weight is 344 g/mol. The molecular weight excluding hydrogens is 324 g/mol. The van der Waals surface area contributed by atoms with Crippen molar-refractivity contribution in [3.63, 3.8) is 0 Å². The number of benzene rings is 1. The number of primary amides is 1. The highest BCUT2D eigenvalue weighted by molar-refractivity contribution is 7.89. The Bertz CT molecular complexity index is 701. The number of carboxylic acids is 1. The zero-order valence-corrected chi connectivity index (χ0v) is 13.9. The number of aliphatic carboxylic acids is 1.